The van der Waals surface area contributed by atoms with Gasteiger partial charge in [-0.1, -0.05) is 48.5 Å². The van der Waals surface area contributed by atoms with Gasteiger partial charge in [0.05, 0.1) is 6.10 Å². The molecule has 3 rings (SSSR count). The molecule has 1 saturated carbocycles. The van der Waals surface area contributed by atoms with Crippen molar-refractivity contribution in [2.24, 2.45) is 0 Å². The largest absolute Gasteiger partial charge is 0.393 e. The van der Waals surface area contributed by atoms with E-state index in [0.717, 1.165) is 18.4 Å². The summed E-state index contributed by atoms with van der Waals surface area (Å²) < 4.78 is 0. The third-order valence-corrected chi connectivity index (χ3v) is 4.75. The lowest BCUT2D eigenvalue weighted by molar-refractivity contribution is -0.124. The number of hydrogen-bond acceptors (Lipinski definition) is 3. The van der Waals surface area contributed by atoms with Crippen LogP contribution in [0.15, 0.2) is 60.7 Å². The molecular formula is C21H24N2O3. The van der Waals surface area contributed by atoms with E-state index in [-0.39, 0.29) is 24.0 Å². The quantitative estimate of drug-likeness (QED) is 0.774. The smallest absolute Gasteiger partial charge is 0.252 e. The SMILES string of the molecule is O=C(NC(C(=O)NC1CCC(O)CC1)c1ccccc1)c1ccccc1. The van der Waals surface area contributed by atoms with Crippen molar-refractivity contribution in [1.29, 1.82) is 0 Å². The lowest BCUT2D eigenvalue weighted by Crippen LogP contribution is -2.45. The normalized spacial score (nSPS) is 20.8. The Morgan fingerprint density at radius 3 is 2.08 bits per heavy atom. The molecule has 136 valence electrons. The average Bonchev–Trinajstić information content (AvgIpc) is 2.69. The summed E-state index contributed by atoms with van der Waals surface area (Å²) >= 11 is 0. The number of nitrogens with one attached hydrogen (secondary N) is 2. The molecule has 0 bridgehead atoms. The van der Waals surface area contributed by atoms with Crippen molar-refractivity contribution in [1.82, 2.24) is 10.6 Å². The Balaban J connectivity index is 1.73. The van der Waals surface area contributed by atoms with Gasteiger partial charge in [0.25, 0.3) is 5.91 Å². The highest BCUT2D eigenvalue weighted by atomic mass is 16.3. The second-order valence-corrected chi connectivity index (χ2v) is 6.70. The molecule has 0 aromatic heterocycles. The minimum atomic E-state index is -0.754. The molecule has 1 aliphatic rings. The van der Waals surface area contributed by atoms with Gasteiger partial charge in [-0.25, -0.2) is 0 Å². The second-order valence-electron chi connectivity index (χ2n) is 6.70. The van der Waals surface area contributed by atoms with Crippen molar-refractivity contribution in [3.05, 3.63) is 71.8 Å². The zero-order valence-electron chi connectivity index (χ0n) is 14.6. The first-order chi connectivity index (χ1) is 12.6. The zero-order valence-corrected chi connectivity index (χ0v) is 14.6. The highest BCUT2D eigenvalue weighted by molar-refractivity contribution is 5.97. The van der Waals surface area contributed by atoms with Gasteiger partial charge in [0.1, 0.15) is 6.04 Å². The summed E-state index contributed by atoms with van der Waals surface area (Å²) in [5.74, 6) is -0.504. The maximum absolute atomic E-state index is 12.9. The topological polar surface area (TPSA) is 78.4 Å². The van der Waals surface area contributed by atoms with Gasteiger partial charge in [0.15, 0.2) is 0 Å². The van der Waals surface area contributed by atoms with Crippen molar-refractivity contribution in [3.8, 4) is 0 Å². The average molecular weight is 352 g/mol. The van der Waals surface area contributed by atoms with Crippen LogP contribution < -0.4 is 10.6 Å². The van der Waals surface area contributed by atoms with Crippen molar-refractivity contribution in [2.75, 3.05) is 0 Å². The molecule has 2 amide bonds. The molecule has 5 nitrogen and oxygen atoms in total. The summed E-state index contributed by atoms with van der Waals surface area (Å²) in [5, 5.41) is 15.5. The minimum Gasteiger partial charge on any atom is -0.393 e. The van der Waals surface area contributed by atoms with Gasteiger partial charge in [0.2, 0.25) is 5.91 Å². The first kappa shape index (κ1) is 18.1. The number of carbonyl (C=O) groups excluding carboxylic acids is 2. The van der Waals surface area contributed by atoms with Crippen LogP contribution in [-0.4, -0.2) is 29.1 Å². The fraction of sp³-hybridized carbons (Fsp3) is 0.333. The van der Waals surface area contributed by atoms with Gasteiger partial charge in [-0.05, 0) is 43.4 Å². The van der Waals surface area contributed by atoms with Crippen LogP contribution in [0.5, 0.6) is 0 Å². The first-order valence-corrected chi connectivity index (χ1v) is 9.03. The van der Waals surface area contributed by atoms with Crippen LogP contribution in [0.2, 0.25) is 0 Å². The fourth-order valence-electron chi connectivity index (χ4n) is 3.25. The first-order valence-electron chi connectivity index (χ1n) is 9.03. The lowest BCUT2D eigenvalue weighted by atomic mass is 9.92. The summed E-state index contributed by atoms with van der Waals surface area (Å²) in [6.45, 7) is 0. The molecule has 3 N–H and O–H groups in total. The maximum atomic E-state index is 12.9. The van der Waals surface area contributed by atoms with Gasteiger partial charge in [-0.3, -0.25) is 9.59 Å². The Morgan fingerprint density at radius 1 is 0.885 bits per heavy atom. The lowest BCUT2D eigenvalue weighted by Gasteiger charge is -2.28. The predicted molar refractivity (Wildman–Crippen MR) is 99.5 cm³/mol. The van der Waals surface area contributed by atoms with E-state index in [0.29, 0.717) is 18.4 Å². The zero-order chi connectivity index (χ0) is 18.4. The van der Waals surface area contributed by atoms with Gasteiger partial charge in [0, 0.05) is 11.6 Å². The summed E-state index contributed by atoms with van der Waals surface area (Å²) in [5.41, 5.74) is 1.26. The number of rotatable bonds is 5. The molecule has 2 aromatic rings. The number of hydrogen-bond donors (Lipinski definition) is 3. The summed E-state index contributed by atoms with van der Waals surface area (Å²) in [7, 11) is 0. The second kappa shape index (κ2) is 8.63. The van der Waals surface area contributed by atoms with Gasteiger partial charge in [-0.15, -0.1) is 0 Å². The highest BCUT2D eigenvalue weighted by Gasteiger charge is 2.27. The van der Waals surface area contributed by atoms with E-state index < -0.39 is 6.04 Å². The van der Waals surface area contributed by atoms with E-state index in [9.17, 15) is 14.7 Å². The molecule has 0 saturated heterocycles. The number of benzene rings is 2. The molecule has 0 aliphatic heterocycles. The molecule has 1 unspecified atom stereocenters. The maximum Gasteiger partial charge on any atom is 0.252 e. The summed E-state index contributed by atoms with van der Waals surface area (Å²) in [6.07, 6.45) is 2.61. The van der Waals surface area contributed by atoms with Gasteiger partial charge >= 0.3 is 0 Å². The van der Waals surface area contributed by atoms with Gasteiger partial charge in [-0.2, -0.15) is 0 Å². The van der Waals surface area contributed by atoms with Crippen LogP contribution in [0.25, 0.3) is 0 Å². The predicted octanol–water partition coefficient (Wildman–Crippen LogP) is 2.58. The third kappa shape index (κ3) is 4.70. The fourth-order valence-corrected chi connectivity index (χ4v) is 3.25. The summed E-state index contributed by atoms with van der Waals surface area (Å²) in [4.78, 5) is 25.4. The number of amides is 2. The Morgan fingerprint density at radius 2 is 1.46 bits per heavy atom. The highest BCUT2D eigenvalue weighted by Crippen LogP contribution is 2.20. The third-order valence-electron chi connectivity index (χ3n) is 4.75. The molecular weight excluding hydrogens is 328 g/mol. The molecule has 1 atom stereocenters. The van der Waals surface area contributed by atoms with E-state index >= 15 is 0 Å². The molecule has 5 heteroatoms. The van der Waals surface area contributed by atoms with E-state index in [1.54, 1.807) is 24.3 Å². The number of aliphatic hydroxyl groups excluding tert-OH is 1. The monoisotopic (exact) mass is 352 g/mol. The van der Waals surface area contributed by atoms with E-state index in [4.69, 9.17) is 0 Å². The number of aliphatic hydroxyl groups is 1. The standard InChI is InChI=1S/C21H24N2O3/c24-18-13-11-17(12-14-18)22-21(26)19(15-7-3-1-4-8-15)23-20(25)16-9-5-2-6-10-16/h1-10,17-19,24H,11-14H2,(H,22,26)(H,23,25). The van der Waals surface area contributed by atoms with E-state index in [1.165, 1.54) is 0 Å². The molecule has 2 aromatic carbocycles. The molecule has 26 heavy (non-hydrogen) atoms. The minimum absolute atomic E-state index is 0.0331. The number of carbonyl (C=O) groups is 2. The van der Waals surface area contributed by atoms with E-state index in [1.807, 2.05) is 36.4 Å². The van der Waals surface area contributed by atoms with Gasteiger partial charge < -0.3 is 15.7 Å². The Labute approximate surface area is 153 Å². The van der Waals surface area contributed by atoms with E-state index in [2.05, 4.69) is 10.6 Å². The van der Waals surface area contributed by atoms with Crippen LogP contribution in [0.3, 0.4) is 0 Å². The molecule has 0 heterocycles. The summed E-state index contributed by atoms with van der Waals surface area (Å²) in [6, 6.07) is 17.4. The van der Waals surface area contributed by atoms with Crippen molar-refractivity contribution in [3.63, 3.8) is 0 Å². The Bertz CT molecular complexity index is 725. The van der Waals surface area contributed by atoms with Crippen LogP contribution in [0.1, 0.15) is 47.6 Å². The molecule has 1 fully saturated rings. The Hall–Kier alpha value is -2.66. The van der Waals surface area contributed by atoms with Crippen molar-refractivity contribution in [2.45, 2.75) is 43.9 Å². The Kier molecular flexibility index (Phi) is 6.02. The molecule has 0 spiro atoms. The van der Waals surface area contributed by atoms with Crippen molar-refractivity contribution >= 4 is 11.8 Å². The van der Waals surface area contributed by atoms with Crippen molar-refractivity contribution < 1.29 is 14.7 Å². The molecule has 1 aliphatic carbocycles. The van der Waals surface area contributed by atoms with Crippen LogP contribution in [0, 0.1) is 0 Å². The van der Waals surface area contributed by atoms with Crippen LogP contribution >= 0.6 is 0 Å². The molecule has 0 radical (unpaired) electrons. The van der Waals surface area contributed by atoms with Crippen LogP contribution in [-0.2, 0) is 4.79 Å². The van der Waals surface area contributed by atoms with Crippen LogP contribution in [0.4, 0.5) is 0 Å².